The molecule has 20 heavy (non-hydrogen) atoms. The highest BCUT2D eigenvalue weighted by Gasteiger charge is 2.27. The van der Waals surface area contributed by atoms with Gasteiger partial charge in [-0.15, -0.1) is 0 Å². The molecule has 1 aromatic rings. The molecule has 2 unspecified atom stereocenters. The number of aryl methyl sites for hydroxylation is 2. The van der Waals surface area contributed by atoms with Crippen molar-refractivity contribution in [3.05, 3.63) is 22.9 Å². The van der Waals surface area contributed by atoms with Crippen LogP contribution < -0.4 is 5.32 Å². The van der Waals surface area contributed by atoms with Crippen LogP contribution in [0.4, 0.5) is 5.82 Å². The minimum Gasteiger partial charge on any atom is -0.478 e. The molecule has 0 aliphatic carbocycles. The zero-order valence-corrected chi connectivity index (χ0v) is 12.3. The molecule has 5 nitrogen and oxygen atoms in total. The number of aromatic nitrogens is 1. The minimum absolute atomic E-state index is 0.265. The number of carboxylic acid groups (broad SMARTS) is 1. The summed E-state index contributed by atoms with van der Waals surface area (Å²) < 4.78 is 5.65. The standard InChI is InChI=1S/C15H22N2O3/c1-4-12-11(5-6-20-12)8-16-14-13(15(18)19)9(2)7-10(3)17-14/h7,11-12H,4-6,8H2,1-3H3,(H,16,17)(H,18,19). The second-order valence-corrected chi connectivity index (χ2v) is 5.36. The van der Waals surface area contributed by atoms with Gasteiger partial charge in [0.1, 0.15) is 11.4 Å². The van der Waals surface area contributed by atoms with Gasteiger partial charge in [0.05, 0.1) is 6.10 Å². The molecule has 1 aliphatic heterocycles. The van der Waals surface area contributed by atoms with Gasteiger partial charge in [0, 0.05) is 24.8 Å². The van der Waals surface area contributed by atoms with E-state index >= 15 is 0 Å². The van der Waals surface area contributed by atoms with Gasteiger partial charge in [-0.2, -0.15) is 0 Å². The van der Waals surface area contributed by atoms with Crippen molar-refractivity contribution in [2.75, 3.05) is 18.5 Å². The van der Waals surface area contributed by atoms with Crippen LogP contribution in [0.5, 0.6) is 0 Å². The molecule has 0 spiro atoms. The van der Waals surface area contributed by atoms with Gasteiger partial charge in [-0.3, -0.25) is 0 Å². The summed E-state index contributed by atoms with van der Waals surface area (Å²) in [4.78, 5) is 15.7. The molecule has 0 aromatic carbocycles. The minimum atomic E-state index is -0.938. The van der Waals surface area contributed by atoms with Gasteiger partial charge < -0.3 is 15.2 Å². The van der Waals surface area contributed by atoms with Crippen molar-refractivity contribution in [2.45, 2.75) is 39.7 Å². The lowest BCUT2D eigenvalue weighted by molar-refractivity contribution is 0.0696. The number of ether oxygens (including phenoxy) is 1. The van der Waals surface area contributed by atoms with Crippen LogP contribution in [-0.4, -0.2) is 35.3 Å². The lowest BCUT2D eigenvalue weighted by atomic mass is 9.99. The molecule has 0 saturated carbocycles. The van der Waals surface area contributed by atoms with E-state index in [9.17, 15) is 9.90 Å². The van der Waals surface area contributed by atoms with E-state index in [4.69, 9.17) is 4.74 Å². The summed E-state index contributed by atoms with van der Waals surface area (Å²) >= 11 is 0. The van der Waals surface area contributed by atoms with Gasteiger partial charge in [-0.25, -0.2) is 9.78 Å². The molecule has 0 bridgehead atoms. The first kappa shape index (κ1) is 14.8. The van der Waals surface area contributed by atoms with Crippen molar-refractivity contribution in [2.24, 2.45) is 5.92 Å². The Morgan fingerprint density at radius 2 is 2.30 bits per heavy atom. The van der Waals surface area contributed by atoms with Gasteiger partial charge in [0.2, 0.25) is 0 Å². The number of nitrogens with zero attached hydrogens (tertiary/aromatic N) is 1. The number of carbonyl (C=O) groups is 1. The van der Waals surface area contributed by atoms with Crippen LogP contribution in [0.3, 0.4) is 0 Å². The molecule has 1 fully saturated rings. The fourth-order valence-corrected chi connectivity index (χ4v) is 2.84. The smallest absolute Gasteiger partial charge is 0.339 e. The highest BCUT2D eigenvalue weighted by molar-refractivity contribution is 5.94. The van der Waals surface area contributed by atoms with Crippen molar-refractivity contribution in [1.29, 1.82) is 0 Å². The lowest BCUT2D eigenvalue weighted by Gasteiger charge is -2.19. The first-order valence-electron chi connectivity index (χ1n) is 7.10. The number of hydrogen-bond acceptors (Lipinski definition) is 4. The number of aromatic carboxylic acids is 1. The summed E-state index contributed by atoms with van der Waals surface area (Å²) in [6.45, 7) is 7.28. The third-order valence-electron chi connectivity index (χ3n) is 3.84. The first-order chi connectivity index (χ1) is 9.52. The van der Waals surface area contributed by atoms with Gasteiger partial charge in [-0.05, 0) is 38.3 Å². The molecule has 1 aliphatic rings. The van der Waals surface area contributed by atoms with Crippen LogP contribution in [0, 0.1) is 19.8 Å². The first-order valence-corrected chi connectivity index (χ1v) is 7.10. The third kappa shape index (κ3) is 3.10. The normalized spacial score (nSPS) is 21.9. The van der Waals surface area contributed by atoms with Crippen LogP contribution >= 0.6 is 0 Å². The topological polar surface area (TPSA) is 71.5 Å². The zero-order valence-electron chi connectivity index (χ0n) is 12.3. The molecule has 0 amide bonds. The molecular formula is C15H22N2O3. The maximum Gasteiger partial charge on any atom is 0.339 e. The predicted molar refractivity (Wildman–Crippen MR) is 77.3 cm³/mol. The fraction of sp³-hybridized carbons (Fsp3) is 0.600. The van der Waals surface area contributed by atoms with E-state index in [0.29, 0.717) is 18.3 Å². The van der Waals surface area contributed by atoms with Crippen LogP contribution in [0.1, 0.15) is 41.4 Å². The predicted octanol–water partition coefficient (Wildman–Crippen LogP) is 2.62. The quantitative estimate of drug-likeness (QED) is 0.866. The van der Waals surface area contributed by atoms with Crippen LogP contribution in [-0.2, 0) is 4.74 Å². The molecule has 110 valence electrons. The summed E-state index contributed by atoms with van der Waals surface area (Å²) in [5, 5.41) is 12.5. The van der Waals surface area contributed by atoms with Crippen molar-refractivity contribution in [3.63, 3.8) is 0 Å². The summed E-state index contributed by atoms with van der Waals surface area (Å²) in [7, 11) is 0. The van der Waals surface area contributed by atoms with Crippen LogP contribution in [0.15, 0.2) is 6.07 Å². The summed E-state index contributed by atoms with van der Waals surface area (Å²) in [5.74, 6) is -0.0479. The number of rotatable bonds is 5. The van der Waals surface area contributed by atoms with E-state index in [2.05, 4.69) is 17.2 Å². The molecule has 2 N–H and O–H groups in total. The Kier molecular flexibility index (Phi) is 4.60. The number of carboxylic acids is 1. The molecule has 1 saturated heterocycles. The van der Waals surface area contributed by atoms with Crippen molar-refractivity contribution < 1.29 is 14.6 Å². The van der Waals surface area contributed by atoms with Gasteiger partial charge in [0.15, 0.2) is 0 Å². The number of pyridine rings is 1. The molecule has 2 atom stereocenters. The van der Waals surface area contributed by atoms with E-state index in [1.54, 1.807) is 13.0 Å². The van der Waals surface area contributed by atoms with E-state index < -0.39 is 5.97 Å². The second kappa shape index (κ2) is 6.22. The second-order valence-electron chi connectivity index (χ2n) is 5.36. The highest BCUT2D eigenvalue weighted by Crippen LogP contribution is 2.25. The van der Waals surface area contributed by atoms with Crippen molar-refractivity contribution in [3.8, 4) is 0 Å². The Hall–Kier alpha value is -1.62. The summed E-state index contributed by atoms with van der Waals surface area (Å²) in [6.07, 6.45) is 2.26. The van der Waals surface area contributed by atoms with E-state index in [0.717, 1.165) is 30.7 Å². The fourth-order valence-electron chi connectivity index (χ4n) is 2.84. The van der Waals surface area contributed by atoms with Crippen molar-refractivity contribution in [1.82, 2.24) is 4.98 Å². The van der Waals surface area contributed by atoms with Crippen LogP contribution in [0.2, 0.25) is 0 Å². The van der Waals surface area contributed by atoms with Crippen LogP contribution in [0.25, 0.3) is 0 Å². The average Bonchev–Trinajstić information content (AvgIpc) is 2.82. The number of anilines is 1. The monoisotopic (exact) mass is 278 g/mol. The Bertz CT molecular complexity index is 502. The SMILES string of the molecule is CCC1OCCC1CNc1nc(C)cc(C)c1C(=O)O. The van der Waals surface area contributed by atoms with Crippen molar-refractivity contribution >= 4 is 11.8 Å². The van der Waals surface area contributed by atoms with Gasteiger partial charge >= 0.3 is 5.97 Å². The Morgan fingerprint density at radius 1 is 1.55 bits per heavy atom. The zero-order chi connectivity index (χ0) is 14.7. The Morgan fingerprint density at radius 3 is 2.95 bits per heavy atom. The number of nitrogens with one attached hydrogen (secondary N) is 1. The van der Waals surface area contributed by atoms with Gasteiger partial charge in [0.25, 0.3) is 0 Å². The van der Waals surface area contributed by atoms with E-state index in [1.807, 2.05) is 6.92 Å². The highest BCUT2D eigenvalue weighted by atomic mass is 16.5. The Labute approximate surface area is 119 Å². The summed E-state index contributed by atoms with van der Waals surface area (Å²) in [5.41, 5.74) is 1.83. The molecular weight excluding hydrogens is 256 g/mol. The molecule has 5 heteroatoms. The van der Waals surface area contributed by atoms with E-state index in [-0.39, 0.29) is 11.7 Å². The largest absolute Gasteiger partial charge is 0.478 e. The molecule has 1 aromatic heterocycles. The molecule has 0 radical (unpaired) electrons. The number of hydrogen-bond donors (Lipinski definition) is 2. The maximum atomic E-state index is 11.4. The lowest BCUT2D eigenvalue weighted by Crippen LogP contribution is -2.24. The average molecular weight is 278 g/mol. The third-order valence-corrected chi connectivity index (χ3v) is 3.84. The molecule has 2 rings (SSSR count). The Balaban J connectivity index is 2.14. The maximum absolute atomic E-state index is 11.4. The summed E-state index contributed by atoms with van der Waals surface area (Å²) in [6, 6.07) is 1.79. The van der Waals surface area contributed by atoms with Gasteiger partial charge in [-0.1, -0.05) is 6.92 Å². The molecule has 2 heterocycles. The van der Waals surface area contributed by atoms with E-state index in [1.165, 1.54) is 0 Å².